The van der Waals surface area contributed by atoms with Gasteiger partial charge in [-0.25, -0.2) is 9.97 Å². The lowest BCUT2D eigenvalue weighted by molar-refractivity contribution is 0.849. The largest absolute Gasteiger partial charge is 0.384 e. The summed E-state index contributed by atoms with van der Waals surface area (Å²) in [5.74, 6) is 0.802. The summed E-state index contributed by atoms with van der Waals surface area (Å²) in [5, 5.41) is 6.69. The fraction of sp³-hybridized carbons (Fsp3) is 0.211. The first-order valence-corrected chi connectivity index (χ1v) is 8.26. The molecule has 126 valence electrons. The van der Waals surface area contributed by atoms with E-state index in [1.54, 1.807) is 12.4 Å². The molecule has 25 heavy (non-hydrogen) atoms. The Balaban J connectivity index is 1.56. The van der Waals surface area contributed by atoms with Gasteiger partial charge in [0.1, 0.15) is 0 Å². The highest BCUT2D eigenvalue weighted by Gasteiger charge is 2.25. The maximum Gasteiger partial charge on any atom is 0.227 e. The van der Waals surface area contributed by atoms with Gasteiger partial charge in [-0.2, -0.15) is 0 Å². The standard InChI is InChI=1S/C19H20N6/c1-25(2)14-5-3-13(4-6-14)23-19-21-10-8-18(24-19)16-12-22-17-7-9-20-11-15(16)17/h3-11,16,22H,12H2,1-2H3,(H,21,23,24). The van der Waals surface area contributed by atoms with Crippen molar-refractivity contribution in [2.45, 2.75) is 5.92 Å². The minimum atomic E-state index is 0.198. The van der Waals surface area contributed by atoms with E-state index < -0.39 is 0 Å². The van der Waals surface area contributed by atoms with Crippen molar-refractivity contribution in [3.63, 3.8) is 0 Å². The second kappa shape index (κ2) is 6.39. The smallest absolute Gasteiger partial charge is 0.227 e. The van der Waals surface area contributed by atoms with Crippen LogP contribution in [-0.4, -0.2) is 35.6 Å². The molecule has 0 fully saturated rings. The first kappa shape index (κ1) is 15.4. The second-order valence-corrected chi connectivity index (χ2v) is 6.27. The second-order valence-electron chi connectivity index (χ2n) is 6.27. The molecule has 0 saturated heterocycles. The van der Waals surface area contributed by atoms with Gasteiger partial charge in [0.2, 0.25) is 5.95 Å². The molecular weight excluding hydrogens is 312 g/mol. The van der Waals surface area contributed by atoms with E-state index in [1.807, 2.05) is 44.6 Å². The fourth-order valence-electron chi connectivity index (χ4n) is 3.03. The van der Waals surface area contributed by atoms with E-state index in [2.05, 4.69) is 37.6 Å². The van der Waals surface area contributed by atoms with Crippen LogP contribution in [0.1, 0.15) is 17.2 Å². The lowest BCUT2D eigenvalue weighted by atomic mass is 9.99. The molecule has 0 amide bonds. The molecule has 1 aliphatic rings. The van der Waals surface area contributed by atoms with E-state index in [0.717, 1.165) is 29.3 Å². The zero-order chi connectivity index (χ0) is 17.2. The highest BCUT2D eigenvalue weighted by molar-refractivity contribution is 5.60. The molecule has 0 radical (unpaired) electrons. The Hall–Kier alpha value is -3.15. The molecule has 1 aliphatic heterocycles. The average Bonchev–Trinajstić information content (AvgIpc) is 3.06. The molecule has 2 N–H and O–H groups in total. The van der Waals surface area contributed by atoms with Crippen LogP contribution in [0.4, 0.5) is 23.0 Å². The Labute approximate surface area is 147 Å². The van der Waals surface area contributed by atoms with Gasteiger partial charge in [0, 0.05) is 67.8 Å². The molecule has 3 heterocycles. The molecule has 1 unspecified atom stereocenters. The van der Waals surface area contributed by atoms with Crippen molar-refractivity contribution in [3.8, 4) is 0 Å². The van der Waals surface area contributed by atoms with Crippen LogP contribution in [0.2, 0.25) is 0 Å². The summed E-state index contributed by atoms with van der Waals surface area (Å²) >= 11 is 0. The molecule has 4 rings (SSSR count). The number of fused-ring (bicyclic) bond motifs is 1. The first-order chi connectivity index (χ1) is 12.2. The lowest BCUT2D eigenvalue weighted by Gasteiger charge is -2.14. The molecule has 6 nitrogen and oxygen atoms in total. The maximum absolute atomic E-state index is 4.71. The Bertz CT molecular complexity index is 875. The monoisotopic (exact) mass is 332 g/mol. The van der Waals surface area contributed by atoms with Gasteiger partial charge in [0.25, 0.3) is 0 Å². The molecule has 6 heteroatoms. The van der Waals surface area contributed by atoms with Gasteiger partial charge in [-0.15, -0.1) is 0 Å². The average molecular weight is 332 g/mol. The van der Waals surface area contributed by atoms with Crippen LogP contribution in [-0.2, 0) is 0 Å². The number of nitrogens with zero attached hydrogens (tertiary/aromatic N) is 4. The number of hydrogen-bond acceptors (Lipinski definition) is 6. The topological polar surface area (TPSA) is 66.0 Å². The molecular formula is C19H20N6. The summed E-state index contributed by atoms with van der Waals surface area (Å²) in [4.78, 5) is 15.4. The van der Waals surface area contributed by atoms with E-state index in [4.69, 9.17) is 4.98 Å². The van der Waals surface area contributed by atoms with Crippen molar-refractivity contribution in [2.24, 2.45) is 0 Å². The number of anilines is 4. The Morgan fingerprint density at radius 2 is 1.92 bits per heavy atom. The molecule has 3 aromatic rings. The maximum atomic E-state index is 4.71. The van der Waals surface area contributed by atoms with Gasteiger partial charge in [-0.3, -0.25) is 4.98 Å². The summed E-state index contributed by atoms with van der Waals surface area (Å²) in [6, 6.07) is 12.2. The molecule has 1 atom stereocenters. The third-order valence-corrected chi connectivity index (χ3v) is 4.40. The quantitative estimate of drug-likeness (QED) is 0.765. The van der Waals surface area contributed by atoms with Gasteiger partial charge in [-0.1, -0.05) is 0 Å². The van der Waals surface area contributed by atoms with Gasteiger partial charge in [0.05, 0.1) is 5.69 Å². The Morgan fingerprint density at radius 1 is 1.08 bits per heavy atom. The number of hydrogen-bond donors (Lipinski definition) is 2. The number of aromatic nitrogens is 3. The van der Waals surface area contributed by atoms with Crippen LogP contribution in [0.3, 0.4) is 0 Å². The summed E-state index contributed by atoms with van der Waals surface area (Å²) in [7, 11) is 4.05. The van der Waals surface area contributed by atoms with Crippen molar-refractivity contribution in [2.75, 3.05) is 36.2 Å². The zero-order valence-corrected chi connectivity index (χ0v) is 14.3. The van der Waals surface area contributed by atoms with Crippen LogP contribution in [0, 0.1) is 0 Å². The van der Waals surface area contributed by atoms with Crippen molar-refractivity contribution >= 4 is 23.0 Å². The van der Waals surface area contributed by atoms with Crippen molar-refractivity contribution in [3.05, 3.63) is 66.2 Å². The van der Waals surface area contributed by atoms with Gasteiger partial charge < -0.3 is 15.5 Å². The third-order valence-electron chi connectivity index (χ3n) is 4.40. The van der Waals surface area contributed by atoms with Crippen LogP contribution in [0.5, 0.6) is 0 Å². The van der Waals surface area contributed by atoms with Gasteiger partial charge in [0.15, 0.2) is 0 Å². The predicted octanol–water partition coefficient (Wildman–Crippen LogP) is 3.24. The summed E-state index contributed by atoms with van der Waals surface area (Å²) in [6.07, 6.45) is 5.51. The SMILES string of the molecule is CN(C)c1ccc(Nc2nccc(C3CNc4ccncc43)n2)cc1. The highest BCUT2D eigenvalue weighted by atomic mass is 15.1. The zero-order valence-electron chi connectivity index (χ0n) is 14.3. The molecule has 1 aromatic carbocycles. The Morgan fingerprint density at radius 3 is 2.72 bits per heavy atom. The number of pyridine rings is 1. The highest BCUT2D eigenvalue weighted by Crippen LogP contribution is 2.34. The minimum absolute atomic E-state index is 0.198. The van der Waals surface area contributed by atoms with E-state index in [1.165, 1.54) is 5.56 Å². The third kappa shape index (κ3) is 3.10. The molecule has 0 aliphatic carbocycles. The number of nitrogens with one attached hydrogen (secondary N) is 2. The van der Waals surface area contributed by atoms with Crippen LogP contribution < -0.4 is 15.5 Å². The van der Waals surface area contributed by atoms with Crippen molar-refractivity contribution < 1.29 is 0 Å². The minimum Gasteiger partial charge on any atom is -0.384 e. The van der Waals surface area contributed by atoms with Crippen molar-refractivity contribution in [1.29, 1.82) is 0 Å². The van der Waals surface area contributed by atoms with Crippen LogP contribution in [0.25, 0.3) is 0 Å². The molecule has 0 spiro atoms. The van der Waals surface area contributed by atoms with Gasteiger partial charge >= 0.3 is 0 Å². The van der Waals surface area contributed by atoms with E-state index >= 15 is 0 Å². The molecule has 0 bridgehead atoms. The number of benzene rings is 1. The predicted molar refractivity (Wildman–Crippen MR) is 101 cm³/mol. The van der Waals surface area contributed by atoms with Gasteiger partial charge in [-0.05, 0) is 36.4 Å². The Kier molecular flexibility index (Phi) is 3.93. The van der Waals surface area contributed by atoms with E-state index in [-0.39, 0.29) is 5.92 Å². The summed E-state index contributed by atoms with van der Waals surface area (Å²) in [6.45, 7) is 0.828. The van der Waals surface area contributed by atoms with E-state index in [0.29, 0.717) is 5.95 Å². The fourth-order valence-corrected chi connectivity index (χ4v) is 3.03. The van der Waals surface area contributed by atoms with E-state index in [9.17, 15) is 0 Å². The van der Waals surface area contributed by atoms with Crippen molar-refractivity contribution in [1.82, 2.24) is 15.0 Å². The summed E-state index contributed by atoms with van der Waals surface area (Å²) in [5.41, 5.74) is 5.42. The lowest BCUT2D eigenvalue weighted by Crippen LogP contribution is -2.09. The first-order valence-electron chi connectivity index (χ1n) is 8.26. The van der Waals surface area contributed by atoms with Crippen LogP contribution >= 0.6 is 0 Å². The summed E-state index contributed by atoms with van der Waals surface area (Å²) < 4.78 is 0. The molecule has 2 aromatic heterocycles. The molecule has 0 saturated carbocycles. The number of rotatable bonds is 4. The van der Waals surface area contributed by atoms with Crippen LogP contribution in [0.15, 0.2) is 55.0 Å². The normalized spacial score (nSPS) is 15.4.